The van der Waals surface area contributed by atoms with Crippen molar-refractivity contribution in [1.29, 1.82) is 0 Å². The maximum absolute atomic E-state index is 9.28. The molecule has 0 spiro atoms. The van der Waals surface area contributed by atoms with Crippen LogP contribution in [0.3, 0.4) is 0 Å². The molecule has 1 atom stereocenters. The number of likely N-dealkylation sites (N-methyl/N-ethyl adjacent to an activating group) is 1. The average molecular weight is 350 g/mol. The zero-order chi connectivity index (χ0) is 18.7. The van der Waals surface area contributed by atoms with Crippen LogP contribution in [0.15, 0.2) is 11.1 Å². The predicted molar refractivity (Wildman–Crippen MR) is 105 cm³/mol. The SMILES string of the molecule is CCCCC(CCO)Nc1nc(N)ncc1OCC(=NB(C)C)NC. The Morgan fingerprint density at radius 3 is 2.80 bits per heavy atom. The minimum Gasteiger partial charge on any atom is -0.480 e. The lowest BCUT2D eigenvalue weighted by molar-refractivity contribution is 0.275. The molecule has 9 heteroatoms. The van der Waals surface area contributed by atoms with Gasteiger partial charge in [-0.05, 0) is 12.8 Å². The molecule has 8 nitrogen and oxygen atoms in total. The molecule has 140 valence electrons. The number of nitrogens with two attached hydrogens (primary N) is 1. The highest BCUT2D eigenvalue weighted by atomic mass is 16.5. The molecule has 0 aromatic carbocycles. The molecule has 0 saturated carbocycles. The van der Waals surface area contributed by atoms with Crippen LogP contribution in [0.2, 0.25) is 13.6 Å². The Hall–Kier alpha value is -2.03. The number of rotatable bonds is 11. The lowest BCUT2D eigenvalue weighted by atomic mass is 9.70. The second-order valence-corrected chi connectivity index (χ2v) is 6.15. The highest BCUT2D eigenvalue weighted by molar-refractivity contribution is 6.55. The van der Waals surface area contributed by atoms with Crippen molar-refractivity contribution >= 4 is 24.4 Å². The standard InChI is InChI=1S/C16H31BN6O2/c1-5-6-7-12(8-9-24)21-15-13(10-20-16(18)22-15)25-11-14(19-4)23-17(2)3/h10,12,24H,5-9,11H2,1-4H3,(H,19,23)(H3,18,20,21,22). The molecule has 0 saturated heterocycles. The summed E-state index contributed by atoms with van der Waals surface area (Å²) < 4.78 is 5.83. The Bertz CT molecular complexity index is 541. The van der Waals surface area contributed by atoms with Crippen LogP contribution in [0.25, 0.3) is 0 Å². The van der Waals surface area contributed by atoms with Crippen molar-refractivity contribution in [2.24, 2.45) is 4.90 Å². The van der Waals surface area contributed by atoms with Gasteiger partial charge in [0.05, 0.1) is 6.20 Å². The van der Waals surface area contributed by atoms with Crippen molar-refractivity contribution in [3.8, 4) is 5.75 Å². The van der Waals surface area contributed by atoms with Gasteiger partial charge < -0.3 is 31.1 Å². The molecule has 0 aliphatic heterocycles. The summed E-state index contributed by atoms with van der Waals surface area (Å²) in [7, 11) is 1.81. The van der Waals surface area contributed by atoms with Gasteiger partial charge in [0.25, 0.3) is 6.85 Å². The van der Waals surface area contributed by atoms with Crippen LogP contribution in [0.5, 0.6) is 5.75 Å². The van der Waals surface area contributed by atoms with E-state index >= 15 is 0 Å². The minimum atomic E-state index is 0.106. The first-order valence-electron chi connectivity index (χ1n) is 8.87. The number of anilines is 2. The summed E-state index contributed by atoms with van der Waals surface area (Å²) in [5, 5.41) is 15.6. The van der Waals surface area contributed by atoms with E-state index in [-0.39, 0.29) is 32.1 Å². The number of unbranched alkanes of at least 4 members (excludes halogenated alkanes) is 1. The minimum absolute atomic E-state index is 0.106. The van der Waals surface area contributed by atoms with Crippen molar-refractivity contribution in [2.45, 2.75) is 52.3 Å². The highest BCUT2D eigenvalue weighted by Crippen LogP contribution is 2.24. The molecule has 25 heavy (non-hydrogen) atoms. The Morgan fingerprint density at radius 1 is 1.44 bits per heavy atom. The molecule has 0 amide bonds. The van der Waals surface area contributed by atoms with Crippen LogP contribution in [0, 0.1) is 0 Å². The van der Waals surface area contributed by atoms with E-state index in [9.17, 15) is 5.11 Å². The van der Waals surface area contributed by atoms with Gasteiger partial charge in [-0.2, -0.15) is 4.98 Å². The molecule has 0 aliphatic rings. The third-order valence-corrected chi connectivity index (χ3v) is 3.57. The number of ether oxygens (including phenoxy) is 1. The van der Waals surface area contributed by atoms with Gasteiger partial charge in [0.1, 0.15) is 12.4 Å². The maximum Gasteiger partial charge on any atom is 0.275 e. The largest absolute Gasteiger partial charge is 0.480 e. The zero-order valence-electron chi connectivity index (χ0n) is 15.7. The second kappa shape index (κ2) is 11.5. The summed E-state index contributed by atoms with van der Waals surface area (Å²) in [5.41, 5.74) is 5.72. The van der Waals surface area contributed by atoms with Crippen LogP contribution in [-0.2, 0) is 0 Å². The van der Waals surface area contributed by atoms with Gasteiger partial charge in [0.15, 0.2) is 11.6 Å². The Morgan fingerprint density at radius 2 is 2.20 bits per heavy atom. The molecule has 0 radical (unpaired) electrons. The molecule has 0 aliphatic carbocycles. The predicted octanol–water partition coefficient (Wildman–Crippen LogP) is 1.66. The molecule has 1 aromatic rings. The zero-order valence-corrected chi connectivity index (χ0v) is 15.7. The first-order chi connectivity index (χ1) is 12.0. The summed E-state index contributed by atoms with van der Waals surface area (Å²) in [5.74, 6) is 1.98. The van der Waals surface area contributed by atoms with E-state index in [1.165, 1.54) is 0 Å². The van der Waals surface area contributed by atoms with Crippen LogP contribution in [-0.4, -0.2) is 54.1 Å². The highest BCUT2D eigenvalue weighted by Gasteiger charge is 2.14. The number of nitrogens with zero attached hydrogens (tertiary/aromatic N) is 3. The molecule has 5 N–H and O–H groups in total. The van der Waals surface area contributed by atoms with Crippen LogP contribution < -0.4 is 21.1 Å². The first-order valence-corrected chi connectivity index (χ1v) is 8.87. The average Bonchev–Trinajstić information content (AvgIpc) is 2.57. The summed E-state index contributed by atoms with van der Waals surface area (Å²) >= 11 is 0. The van der Waals surface area contributed by atoms with E-state index in [0.29, 0.717) is 18.0 Å². The number of aliphatic hydroxyl groups excluding tert-OH is 1. The monoisotopic (exact) mass is 350 g/mol. The van der Waals surface area contributed by atoms with Gasteiger partial charge in [0.2, 0.25) is 5.95 Å². The van der Waals surface area contributed by atoms with Crippen molar-refractivity contribution < 1.29 is 9.84 Å². The van der Waals surface area contributed by atoms with Crippen LogP contribution in [0.4, 0.5) is 11.8 Å². The Kier molecular flexibility index (Phi) is 9.68. The number of aliphatic hydroxyl groups is 1. The summed E-state index contributed by atoms with van der Waals surface area (Å²) in [4.78, 5) is 12.7. The van der Waals surface area contributed by atoms with Crippen molar-refractivity contribution in [1.82, 2.24) is 15.3 Å². The second-order valence-electron chi connectivity index (χ2n) is 6.15. The molecular weight excluding hydrogens is 319 g/mol. The van der Waals surface area contributed by atoms with E-state index < -0.39 is 0 Å². The van der Waals surface area contributed by atoms with Gasteiger partial charge in [-0.1, -0.05) is 33.4 Å². The lowest BCUT2D eigenvalue weighted by Crippen LogP contribution is -2.28. The molecule has 1 heterocycles. The topological polar surface area (TPSA) is 118 Å². The third-order valence-electron chi connectivity index (χ3n) is 3.57. The van der Waals surface area contributed by atoms with E-state index in [2.05, 4.69) is 32.4 Å². The molecule has 1 unspecified atom stereocenters. The lowest BCUT2D eigenvalue weighted by Gasteiger charge is -2.20. The van der Waals surface area contributed by atoms with E-state index in [1.807, 2.05) is 20.7 Å². The summed E-state index contributed by atoms with van der Waals surface area (Å²) in [6.45, 7) is 6.72. The van der Waals surface area contributed by atoms with Crippen LogP contribution in [0.1, 0.15) is 32.6 Å². The van der Waals surface area contributed by atoms with E-state index in [4.69, 9.17) is 10.5 Å². The quantitative estimate of drug-likeness (QED) is 0.272. The fraction of sp³-hybridized carbons (Fsp3) is 0.688. The maximum atomic E-state index is 9.28. The summed E-state index contributed by atoms with van der Waals surface area (Å²) in [6.07, 6.45) is 5.30. The van der Waals surface area contributed by atoms with Gasteiger partial charge in [0, 0.05) is 19.7 Å². The number of hydrogen-bond acceptors (Lipinski definition) is 7. The number of nitrogens with one attached hydrogen (secondary N) is 2. The molecule has 1 aromatic heterocycles. The van der Waals surface area contributed by atoms with E-state index in [0.717, 1.165) is 25.1 Å². The third kappa shape index (κ3) is 8.06. The smallest absolute Gasteiger partial charge is 0.275 e. The van der Waals surface area contributed by atoms with Gasteiger partial charge >= 0.3 is 0 Å². The van der Waals surface area contributed by atoms with E-state index in [1.54, 1.807) is 6.20 Å². The van der Waals surface area contributed by atoms with Crippen molar-refractivity contribution in [2.75, 3.05) is 31.3 Å². The number of amidine groups is 1. The van der Waals surface area contributed by atoms with Gasteiger partial charge in [-0.3, -0.25) is 0 Å². The molecule has 1 rings (SSSR count). The van der Waals surface area contributed by atoms with Gasteiger partial charge in [-0.15, -0.1) is 0 Å². The summed E-state index contributed by atoms with van der Waals surface area (Å²) in [6, 6.07) is 0.106. The Labute approximate surface area is 150 Å². The number of aromatic nitrogens is 2. The van der Waals surface area contributed by atoms with Gasteiger partial charge in [-0.25, -0.2) is 4.98 Å². The number of nitrogen functional groups attached to an aromatic ring is 1. The first kappa shape index (κ1) is 21.0. The Balaban J connectivity index is 2.86. The number of hydrogen-bond donors (Lipinski definition) is 4. The molecular formula is C16H31BN6O2. The fourth-order valence-corrected chi connectivity index (χ4v) is 2.31. The van der Waals surface area contributed by atoms with Crippen molar-refractivity contribution in [3.05, 3.63) is 6.20 Å². The van der Waals surface area contributed by atoms with Crippen LogP contribution >= 0.6 is 0 Å². The molecule has 0 fully saturated rings. The van der Waals surface area contributed by atoms with Crippen molar-refractivity contribution in [3.63, 3.8) is 0 Å². The fourth-order valence-electron chi connectivity index (χ4n) is 2.31. The normalized spacial score (nSPS) is 12.6. The molecule has 0 bridgehead atoms.